The van der Waals surface area contributed by atoms with E-state index in [-0.39, 0.29) is 5.69 Å². The number of aromatic amines is 2. The second-order valence-electron chi connectivity index (χ2n) is 4.21. The molecule has 0 amide bonds. The molecule has 0 atom stereocenters. The van der Waals surface area contributed by atoms with E-state index in [0.29, 0.717) is 16.9 Å². The number of aromatic nitrogens is 3. The van der Waals surface area contributed by atoms with Crippen LogP contribution in [0.2, 0.25) is 0 Å². The molecule has 2 heterocycles. The van der Waals surface area contributed by atoms with Gasteiger partial charge in [0, 0.05) is 12.3 Å². The van der Waals surface area contributed by atoms with Crippen LogP contribution in [-0.4, -0.2) is 15.0 Å². The summed E-state index contributed by atoms with van der Waals surface area (Å²) in [6.07, 6.45) is 2.59. The molecule has 5 heteroatoms. The summed E-state index contributed by atoms with van der Waals surface area (Å²) in [4.78, 5) is 20.6. The van der Waals surface area contributed by atoms with Crippen LogP contribution in [0, 0.1) is 0 Å². The van der Waals surface area contributed by atoms with Crippen molar-refractivity contribution < 1.29 is 4.74 Å². The van der Waals surface area contributed by atoms with Crippen molar-refractivity contribution in [1.29, 1.82) is 0 Å². The number of nitrogens with zero attached hydrogens (tertiary/aromatic N) is 1. The number of imidazole rings is 1. The molecule has 0 spiro atoms. The Balaban J connectivity index is 1.98. The lowest BCUT2D eigenvalue weighted by Gasteiger charge is -2.06. The van der Waals surface area contributed by atoms with Crippen molar-refractivity contribution in [3.8, 4) is 11.5 Å². The van der Waals surface area contributed by atoms with Crippen molar-refractivity contribution in [1.82, 2.24) is 15.0 Å². The smallest absolute Gasteiger partial charge is 0.325 e. The predicted octanol–water partition coefficient (Wildman–Crippen LogP) is 2.61. The minimum absolute atomic E-state index is 0.292. The summed E-state index contributed by atoms with van der Waals surface area (Å²) in [5.74, 6) is 1.30. The van der Waals surface area contributed by atoms with Gasteiger partial charge in [0.25, 0.3) is 0 Å². The fourth-order valence-electron chi connectivity index (χ4n) is 1.92. The number of hydrogen-bond acceptors (Lipinski definition) is 3. The standard InChI is InChI=1S/C14H13N3O2/c1-2-9-3-5-10(6-4-9)19-11-7-8-15-13-12(11)16-14(18)17-13/h3-8H,2H2,1H3,(H2,15,16,17,18). The van der Waals surface area contributed by atoms with Gasteiger partial charge in [0.1, 0.15) is 11.3 Å². The van der Waals surface area contributed by atoms with E-state index in [1.54, 1.807) is 12.3 Å². The minimum Gasteiger partial charge on any atom is -0.455 e. The van der Waals surface area contributed by atoms with Gasteiger partial charge in [-0.05, 0) is 24.1 Å². The van der Waals surface area contributed by atoms with Gasteiger partial charge in [-0.25, -0.2) is 9.78 Å². The van der Waals surface area contributed by atoms with Crippen LogP contribution in [0.25, 0.3) is 11.2 Å². The summed E-state index contributed by atoms with van der Waals surface area (Å²) in [6, 6.07) is 9.59. The molecular formula is C14H13N3O2. The normalized spacial score (nSPS) is 10.8. The Hall–Kier alpha value is -2.56. The molecule has 3 rings (SSSR count). The summed E-state index contributed by atoms with van der Waals surface area (Å²) in [5, 5.41) is 0. The van der Waals surface area contributed by atoms with Crippen LogP contribution in [0.4, 0.5) is 0 Å². The molecule has 0 fully saturated rings. The van der Waals surface area contributed by atoms with E-state index in [9.17, 15) is 4.79 Å². The number of hydrogen-bond donors (Lipinski definition) is 2. The number of aryl methyl sites for hydroxylation is 1. The Labute approximate surface area is 109 Å². The van der Waals surface area contributed by atoms with E-state index in [0.717, 1.165) is 12.2 Å². The molecule has 5 nitrogen and oxygen atoms in total. The number of H-pyrrole nitrogens is 2. The van der Waals surface area contributed by atoms with Gasteiger partial charge in [0.2, 0.25) is 0 Å². The van der Waals surface area contributed by atoms with E-state index in [2.05, 4.69) is 21.9 Å². The van der Waals surface area contributed by atoms with Crippen molar-refractivity contribution in [2.75, 3.05) is 0 Å². The van der Waals surface area contributed by atoms with Crippen LogP contribution in [-0.2, 0) is 6.42 Å². The van der Waals surface area contributed by atoms with Crippen LogP contribution in [0.1, 0.15) is 12.5 Å². The maximum absolute atomic E-state index is 11.3. The van der Waals surface area contributed by atoms with Crippen molar-refractivity contribution in [2.24, 2.45) is 0 Å². The van der Waals surface area contributed by atoms with Crippen molar-refractivity contribution in [3.05, 3.63) is 52.6 Å². The van der Waals surface area contributed by atoms with Crippen LogP contribution in [0.3, 0.4) is 0 Å². The number of pyridine rings is 1. The maximum atomic E-state index is 11.3. The van der Waals surface area contributed by atoms with Gasteiger partial charge in [-0.3, -0.25) is 4.98 Å². The fraction of sp³-hybridized carbons (Fsp3) is 0.143. The summed E-state index contributed by atoms with van der Waals surface area (Å²) in [7, 11) is 0. The first-order valence-electron chi connectivity index (χ1n) is 6.10. The molecule has 0 unspecified atom stereocenters. The Morgan fingerprint density at radius 1 is 1.16 bits per heavy atom. The third kappa shape index (κ3) is 2.22. The van der Waals surface area contributed by atoms with Gasteiger partial charge in [-0.1, -0.05) is 19.1 Å². The second kappa shape index (κ2) is 4.61. The van der Waals surface area contributed by atoms with E-state index in [4.69, 9.17) is 4.74 Å². The quantitative estimate of drug-likeness (QED) is 0.755. The molecule has 2 N–H and O–H groups in total. The Morgan fingerprint density at radius 3 is 2.68 bits per heavy atom. The SMILES string of the molecule is CCc1ccc(Oc2ccnc3[nH]c(=O)[nH]c23)cc1. The van der Waals surface area contributed by atoms with E-state index >= 15 is 0 Å². The van der Waals surface area contributed by atoms with Gasteiger partial charge >= 0.3 is 5.69 Å². The number of fused-ring (bicyclic) bond motifs is 1. The highest BCUT2D eigenvalue weighted by Crippen LogP contribution is 2.26. The lowest BCUT2D eigenvalue weighted by atomic mass is 10.2. The first-order chi connectivity index (χ1) is 9.26. The number of ether oxygens (including phenoxy) is 1. The Kier molecular flexibility index (Phi) is 2.79. The lowest BCUT2D eigenvalue weighted by Crippen LogP contribution is -1.99. The predicted molar refractivity (Wildman–Crippen MR) is 72.6 cm³/mol. The van der Waals surface area contributed by atoms with Crippen LogP contribution in [0.5, 0.6) is 11.5 Å². The number of benzene rings is 1. The van der Waals surface area contributed by atoms with Crippen molar-refractivity contribution in [2.45, 2.75) is 13.3 Å². The molecule has 1 aromatic carbocycles. The largest absolute Gasteiger partial charge is 0.455 e. The number of rotatable bonds is 3. The van der Waals surface area contributed by atoms with Crippen LogP contribution in [0.15, 0.2) is 41.3 Å². The van der Waals surface area contributed by atoms with Gasteiger partial charge in [-0.15, -0.1) is 0 Å². The van der Waals surface area contributed by atoms with Crippen molar-refractivity contribution >= 4 is 11.2 Å². The highest BCUT2D eigenvalue weighted by molar-refractivity contribution is 5.77. The molecule has 0 radical (unpaired) electrons. The van der Waals surface area contributed by atoms with Gasteiger partial charge in [0.05, 0.1) is 0 Å². The van der Waals surface area contributed by atoms with E-state index in [1.165, 1.54) is 5.56 Å². The molecule has 2 aromatic heterocycles. The first-order valence-corrected chi connectivity index (χ1v) is 6.10. The zero-order chi connectivity index (χ0) is 13.2. The average molecular weight is 255 g/mol. The molecule has 3 aromatic rings. The third-order valence-corrected chi connectivity index (χ3v) is 2.94. The van der Waals surface area contributed by atoms with Gasteiger partial charge in [0.15, 0.2) is 11.4 Å². The average Bonchev–Trinajstić information content (AvgIpc) is 2.81. The maximum Gasteiger partial charge on any atom is 0.325 e. The molecule has 0 bridgehead atoms. The van der Waals surface area contributed by atoms with Crippen LogP contribution < -0.4 is 10.4 Å². The van der Waals surface area contributed by atoms with Crippen LogP contribution >= 0.6 is 0 Å². The highest BCUT2D eigenvalue weighted by atomic mass is 16.5. The lowest BCUT2D eigenvalue weighted by molar-refractivity contribution is 0.486. The second-order valence-corrected chi connectivity index (χ2v) is 4.21. The summed E-state index contributed by atoms with van der Waals surface area (Å²) >= 11 is 0. The summed E-state index contributed by atoms with van der Waals surface area (Å²) in [6.45, 7) is 2.10. The van der Waals surface area contributed by atoms with Crippen molar-refractivity contribution in [3.63, 3.8) is 0 Å². The molecule has 0 saturated heterocycles. The van der Waals surface area contributed by atoms with E-state index in [1.807, 2.05) is 24.3 Å². The first kappa shape index (κ1) is 11.5. The Bertz CT molecular complexity index is 756. The highest BCUT2D eigenvalue weighted by Gasteiger charge is 2.07. The monoisotopic (exact) mass is 255 g/mol. The molecule has 0 aliphatic heterocycles. The molecule has 96 valence electrons. The summed E-state index contributed by atoms with van der Waals surface area (Å²) < 4.78 is 5.77. The Morgan fingerprint density at radius 2 is 1.95 bits per heavy atom. The molecule has 0 saturated carbocycles. The number of nitrogens with one attached hydrogen (secondary N) is 2. The molecule has 0 aliphatic carbocycles. The van der Waals surface area contributed by atoms with E-state index < -0.39 is 0 Å². The third-order valence-electron chi connectivity index (χ3n) is 2.94. The summed E-state index contributed by atoms with van der Waals surface area (Å²) in [5.41, 5.74) is 2.03. The fourth-order valence-corrected chi connectivity index (χ4v) is 1.92. The zero-order valence-corrected chi connectivity index (χ0v) is 10.4. The topological polar surface area (TPSA) is 70.8 Å². The van der Waals surface area contributed by atoms with Gasteiger partial charge < -0.3 is 9.72 Å². The van der Waals surface area contributed by atoms with Gasteiger partial charge in [-0.2, -0.15) is 0 Å². The zero-order valence-electron chi connectivity index (χ0n) is 10.4. The molecule has 0 aliphatic rings. The molecule has 19 heavy (non-hydrogen) atoms. The molecular weight excluding hydrogens is 242 g/mol. The minimum atomic E-state index is -0.292.